The van der Waals surface area contributed by atoms with Crippen LogP contribution in [0, 0.1) is 6.92 Å². The van der Waals surface area contributed by atoms with Crippen LogP contribution in [0.1, 0.15) is 43.4 Å². The lowest BCUT2D eigenvalue weighted by atomic mass is 10.1. The zero-order chi connectivity index (χ0) is 17.3. The number of hydrogen-bond acceptors (Lipinski definition) is 5. The van der Waals surface area contributed by atoms with E-state index in [0.29, 0.717) is 24.3 Å². The van der Waals surface area contributed by atoms with Crippen molar-refractivity contribution in [1.82, 2.24) is 29.7 Å². The Morgan fingerprint density at radius 1 is 1.17 bits per heavy atom. The molecule has 3 rings (SSSR count). The van der Waals surface area contributed by atoms with Crippen molar-refractivity contribution in [3.05, 3.63) is 11.4 Å². The number of carbonyl (C=O) groups is 1. The maximum atomic E-state index is 12.8. The molecule has 0 N–H and O–H groups in total. The van der Waals surface area contributed by atoms with Crippen molar-refractivity contribution < 1.29 is 4.79 Å². The smallest absolute Gasteiger partial charge is 0.276 e. The highest BCUT2D eigenvalue weighted by Gasteiger charge is 2.34. The zero-order valence-electron chi connectivity index (χ0n) is 15.4. The summed E-state index contributed by atoms with van der Waals surface area (Å²) in [5, 5.41) is 8.63. The first kappa shape index (κ1) is 17.4. The number of carbonyl (C=O) groups excluding carboxylic acids is 1. The van der Waals surface area contributed by atoms with E-state index in [-0.39, 0.29) is 5.91 Å². The van der Waals surface area contributed by atoms with Crippen molar-refractivity contribution in [1.29, 1.82) is 0 Å². The van der Waals surface area contributed by atoms with E-state index in [1.54, 1.807) is 4.80 Å². The molecule has 1 amide bonds. The van der Waals surface area contributed by atoms with Crippen LogP contribution in [0.25, 0.3) is 0 Å². The van der Waals surface area contributed by atoms with Gasteiger partial charge in [0.1, 0.15) is 0 Å². The Bertz CT molecular complexity index is 576. The topological polar surface area (TPSA) is 57.5 Å². The van der Waals surface area contributed by atoms with Gasteiger partial charge in [-0.1, -0.05) is 0 Å². The molecule has 2 saturated heterocycles. The van der Waals surface area contributed by atoms with Crippen LogP contribution in [0.15, 0.2) is 0 Å². The molecular formula is C17H30N6O. The molecular weight excluding hydrogens is 304 g/mol. The minimum Gasteiger partial charge on any atom is -0.336 e. The van der Waals surface area contributed by atoms with Gasteiger partial charge in [-0.05, 0) is 34.1 Å². The van der Waals surface area contributed by atoms with E-state index in [4.69, 9.17) is 0 Å². The largest absolute Gasteiger partial charge is 0.336 e. The summed E-state index contributed by atoms with van der Waals surface area (Å²) in [6.07, 6.45) is 1.06. The van der Waals surface area contributed by atoms with Gasteiger partial charge in [-0.3, -0.25) is 14.6 Å². The lowest BCUT2D eigenvalue weighted by Gasteiger charge is -2.39. The lowest BCUT2D eigenvalue weighted by molar-refractivity contribution is 0.0695. The molecule has 0 aliphatic carbocycles. The van der Waals surface area contributed by atoms with Crippen molar-refractivity contribution in [2.45, 2.75) is 52.7 Å². The Morgan fingerprint density at radius 3 is 2.46 bits per heavy atom. The zero-order valence-corrected chi connectivity index (χ0v) is 15.4. The third-order valence-electron chi connectivity index (χ3n) is 5.36. The maximum Gasteiger partial charge on any atom is 0.276 e. The fraction of sp³-hybridized carbons (Fsp3) is 0.824. The van der Waals surface area contributed by atoms with Crippen LogP contribution < -0.4 is 0 Å². The number of likely N-dealkylation sites (tertiary alicyclic amines) is 1. The van der Waals surface area contributed by atoms with Crippen molar-refractivity contribution in [2.75, 3.05) is 39.3 Å². The standard InChI is InChI=1S/C17H30N6O/c1-5-23-18-14(4)16(19-23)17(24)22-7-6-15(12-22)21-10-8-20(9-11-21)13(2)3/h13,15H,5-12H2,1-4H3. The summed E-state index contributed by atoms with van der Waals surface area (Å²) in [5.41, 5.74) is 1.25. The Kier molecular flexibility index (Phi) is 5.20. The van der Waals surface area contributed by atoms with Crippen LogP contribution in [0.3, 0.4) is 0 Å². The highest BCUT2D eigenvalue weighted by atomic mass is 16.2. The Labute approximate surface area is 144 Å². The molecule has 24 heavy (non-hydrogen) atoms. The van der Waals surface area contributed by atoms with Gasteiger partial charge in [-0.15, -0.1) is 5.10 Å². The van der Waals surface area contributed by atoms with Gasteiger partial charge in [-0.25, -0.2) is 0 Å². The number of nitrogens with zero attached hydrogens (tertiary/aromatic N) is 6. The fourth-order valence-corrected chi connectivity index (χ4v) is 3.76. The first-order valence-electron chi connectivity index (χ1n) is 9.18. The number of aryl methyl sites for hydroxylation is 2. The molecule has 0 aromatic carbocycles. The molecule has 3 heterocycles. The minimum atomic E-state index is 0.0375. The monoisotopic (exact) mass is 334 g/mol. The van der Waals surface area contributed by atoms with E-state index in [2.05, 4.69) is 33.8 Å². The quantitative estimate of drug-likeness (QED) is 0.817. The Balaban J connectivity index is 1.57. The van der Waals surface area contributed by atoms with Gasteiger partial charge < -0.3 is 4.90 Å². The molecule has 2 aliphatic rings. The normalized spacial score (nSPS) is 23.4. The second kappa shape index (κ2) is 7.19. The molecule has 134 valence electrons. The Morgan fingerprint density at radius 2 is 1.88 bits per heavy atom. The van der Waals surface area contributed by atoms with Gasteiger partial charge in [0, 0.05) is 51.4 Å². The third kappa shape index (κ3) is 3.47. The van der Waals surface area contributed by atoms with Gasteiger partial charge in [0.25, 0.3) is 5.91 Å². The summed E-state index contributed by atoms with van der Waals surface area (Å²) in [7, 11) is 0. The summed E-state index contributed by atoms with van der Waals surface area (Å²) >= 11 is 0. The van der Waals surface area contributed by atoms with Gasteiger partial charge >= 0.3 is 0 Å². The van der Waals surface area contributed by atoms with E-state index in [9.17, 15) is 4.79 Å². The van der Waals surface area contributed by atoms with Crippen molar-refractivity contribution in [3.63, 3.8) is 0 Å². The fourth-order valence-electron chi connectivity index (χ4n) is 3.76. The summed E-state index contributed by atoms with van der Waals surface area (Å²) in [5.74, 6) is 0.0375. The van der Waals surface area contributed by atoms with E-state index < -0.39 is 0 Å². The highest BCUT2D eigenvalue weighted by Crippen LogP contribution is 2.20. The van der Waals surface area contributed by atoms with Crippen molar-refractivity contribution in [2.24, 2.45) is 0 Å². The van der Waals surface area contributed by atoms with Crippen LogP contribution >= 0.6 is 0 Å². The molecule has 0 bridgehead atoms. The molecule has 7 nitrogen and oxygen atoms in total. The van der Waals surface area contributed by atoms with Gasteiger partial charge in [-0.2, -0.15) is 9.90 Å². The average molecular weight is 334 g/mol. The molecule has 0 spiro atoms. The molecule has 1 unspecified atom stereocenters. The second-order valence-corrected chi connectivity index (χ2v) is 7.18. The second-order valence-electron chi connectivity index (χ2n) is 7.18. The number of hydrogen-bond donors (Lipinski definition) is 0. The summed E-state index contributed by atoms with van der Waals surface area (Å²) in [6, 6.07) is 1.11. The van der Waals surface area contributed by atoms with Crippen LogP contribution in [-0.2, 0) is 6.54 Å². The van der Waals surface area contributed by atoms with E-state index in [1.165, 1.54) is 0 Å². The van der Waals surface area contributed by atoms with Crippen molar-refractivity contribution in [3.8, 4) is 0 Å². The minimum absolute atomic E-state index is 0.0375. The highest BCUT2D eigenvalue weighted by molar-refractivity contribution is 5.93. The first-order valence-corrected chi connectivity index (χ1v) is 9.18. The van der Waals surface area contributed by atoms with E-state index in [0.717, 1.165) is 51.4 Å². The molecule has 2 fully saturated rings. The molecule has 1 aromatic heterocycles. The Hall–Kier alpha value is -1.47. The molecule has 2 aliphatic heterocycles. The van der Waals surface area contributed by atoms with Crippen LogP contribution in [-0.4, -0.2) is 87.0 Å². The van der Waals surface area contributed by atoms with E-state index >= 15 is 0 Å². The van der Waals surface area contributed by atoms with E-state index in [1.807, 2.05) is 18.7 Å². The maximum absolute atomic E-state index is 12.8. The van der Waals surface area contributed by atoms with Crippen LogP contribution in [0.4, 0.5) is 0 Å². The number of amides is 1. The number of rotatable bonds is 4. The van der Waals surface area contributed by atoms with Crippen LogP contribution in [0.2, 0.25) is 0 Å². The van der Waals surface area contributed by atoms with Gasteiger partial charge in [0.05, 0.1) is 12.2 Å². The summed E-state index contributed by atoms with van der Waals surface area (Å²) in [4.78, 5) is 21.4. The van der Waals surface area contributed by atoms with Gasteiger partial charge in [0.15, 0.2) is 5.69 Å². The first-order chi connectivity index (χ1) is 11.5. The predicted molar refractivity (Wildman–Crippen MR) is 93.0 cm³/mol. The summed E-state index contributed by atoms with van der Waals surface area (Å²) < 4.78 is 0. The number of aromatic nitrogens is 3. The molecule has 1 aromatic rings. The van der Waals surface area contributed by atoms with Gasteiger partial charge in [0.2, 0.25) is 0 Å². The average Bonchev–Trinajstić information content (AvgIpc) is 3.21. The third-order valence-corrected chi connectivity index (χ3v) is 5.36. The lowest BCUT2D eigenvalue weighted by Crippen LogP contribution is -2.52. The van der Waals surface area contributed by atoms with Crippen LogP contribution in [0.5, 0.6) is 0 Å². The molecule has 0 saturated carbocycles. The number of piperazine rings is 1. The predicted octanol–water partition coefficient (Wildman–Crippen LogP) is 0.847. The summed E-state index contributed by atoms with van der Waals surface area (Å²) in [6.45, 7) is 15.2. The van der Waals surface area contributed by atoms with Crippen molar-refractivity contribution >= 4 is 5.91 Å². The molecule has 7 heteroatoms. The SMILES string of the molecule is CCn1nc(C)c(C(=O)N2CCC(N3CCN(C(C)C)CC3)C2)n1. The molecule has 1 atom stereocenters. The molecule has 0 radical (unpaired) electrons.